The molecule has 0 spiro atoms. The van der Waals surface area contributed by atoms with Crippen molar-refractivity contribution in [3.8, 4) is 6.07 Å². The van der Waals surface area contributed by atoms with Crippen molar-refractivity contribution in [2.24, 2.45) is 0 Å². The Hall–Kier alpha value is -3.47. The Kier molecular flexibility index (Phi) is 5.39. The van der Waals surface area contributed by atoms with E-state index in [9.17, 15) is 9.59 Å². The zero-order valence-corrected chi connectivity index (χ0v) is 14.1. The topological polar surface area (TPSA) is 102 Å². The molecule has 8 heteroatoms. The predicted octanol–water partition coefficient (Wildman–Crippen LogP) is 0.745. The Morgan fingerprint density at radius 3 is 2.38 bits per heavy atom. The Morgan fingerprint density at radius 2 is 1.77 bits per heavy atom. The second-order valence-corrected chi connectivity index (χ2v) is 5.81. The van der Waals surface area contributed by atoms with Crippen LogP contribution in [-0.4, -0.2) is 64.3 Å². The highest BCUT2D eigenvalue weighted by Gasteiger charge is 2.25. The molecule has 2 aromatic rings. The van der Waals surface area contributed by atoms with Gasteiger partial charge in [0.25, 0.3) is 5.91 Å². The third kappa shape index (κ3) is 4.13. The highest BCUT2D eigenvalue weighted by molar-refractivity contribution is 5.92. The second kappa shape index (κ2) is 8.07. The van der Waals surface area contributed by atoms with Crippen LogP contribution < -0.4 is 5.32 Å². The second-order valence-electron chi connectivity index (χ2n) is 5.81. The van der Waals surface area contributed by atoms with Crippen molar-refractivity contribution in [3.63, 3.8) is 0 Å². The maximum atomic E-state index is 12.3. The van der Waals surface area contributed by atoms with E-state index in [4.69, 9.17) is 5.26 Å². The first-order chi connectivity index (χ1) is 12.7. The van der Waals surface area contributed by atoms with Gasteiger partial charge in [-0.1, -0.05) is 0 Å². The summed E-state index contributed by atoms with van der Waals surface area (Å²) in [5.74, 6) is -0.193. The molecular weight excluding hydrogens is 332 g/mol. The van der Waals surface area contributed by atoms with Gasteiger partial charge in [0.2, 0.25) is 5.91 Å². The van der Waals surface area contributed by atoms with Crippen LogP contribution in [-0.2, 0) is 4.79 Å². The standard InChI is InChI=1S/C18H18N6O2/c19-11-14-1-3-15(4-2-14)22-13-17(25)23-7-9-24(10-8-23)18(26)16-12-20-5-6-21-16/h1-6,12,22H,7-10,13H2. The van der Waals surface area contributed by atoms with Crippen molar-refractivity contribution in [1.82, 2.24) is 19.8 Å². The molecule has 1 fully saturated rings. The number of aromatic nitrogens is 2. The van der Waals surface area contributed by atoms with Crippen LogP contribution in [0.2, 0.25) is 0 Å². The van der Waals surface area contributed by atoms with Gasteiger partial charge in [-0.25, -0.2) is 4.98 Å². The van der Waals surface area contributed by atoms with Crippen molar-refractivity contribution < 1.29 is 9.59 Å². The lowest BCUT2D eigenvalue weighted by Crippen LogP contribution is -2.51. The number of nitriles is 1. The number of benzene rings is 1. The fraction of sp³-hybridized carbons (Fsp3) is 0.278. The first-order valence-electron chi connectivity index (χ1n) is 8.24. The first kappa shape index (κ1) is 17.4. The number of hydrogen-bond acceptors (Lipinski definition) is 6. The van der Waals surface area contributed by atoms with Crippen molar-refractivity contribution in [2.75, 3.05) is 38.0 Å². The van der Waals surface area contributed by atoms with Gasteiger partial charge >= 0.3 is 0 Å². The minimum Gasteiger partial charge on any atom is -0.376 e. The number of anilines is 1. The molecule has 0 radical (unpaired) electrons. The highest BCUT2D eigenvalue weighted by atomic mass is 16.2. The molecule has 2 heterocycles. The van der Waals surface area contributed by atoms with Gasteiger partial charge in [0.05, 0.1) is 24.4 Å². The van der Waals surface area contributed by atoms with E-state index in [2.05, 4.69) is 21.4 Å². The molecule has 1 aliphatic rings. The molecule has 3 rings (SSSR count). The van der Waals surface area contributed by atoms with Crippen LogP contribution >= 0.6 is 0 Å². The van der Waals surface area contributed by atoms with Gasteiger partial charge < -0.3 is 15.1 Å². The molecule has 1 aromatic heterocycles. The highest BCUT2D eigenvalue weighted by Crippen LogP contribution is 2.10. The molecule has 1 saturated heterocycles. The maximum Gasteiger partial charge on any atom is 0.274 e. The Morgan fingerprint density at radius 1 is 1.08 bits per heavy atom. The van der Waals surface area contributed by atoms with E-state index in [1.54, 1.807) is 34.1 Å². The minimum atomic E-state index is -0.166. The molecule has 26 heavy (non-hydrogen) atoms. The van der Waals surface area contributed by atoms with Crippen LogP contribution in [0.3, 0.4) is 0 Å². The number of nitrogens with zero attached hydrogens (tertiary/aromatic N) is 5. The average Bonchev–Trinajstić information content (AvgIpc) is 2.72. The van der Waals surface area contributed by atoms with E-state index >= 15 is 0 Å². The van der Waals surface area contributed by atoms with Crippen molar-refractivity contribution >= 4 is 17.5 Å². The summed E-state index contributed by atoms with van der Waals surface area (Å²) < 4.78 is 0. The molecule has 0 saturated carbocycles. The summed E-state index contributed by atoms with van der Waals surface area (Å²) in [6.45, 7) is 2.08. The molecule has 0 aliphatic carbocycles. The minimum absolute atomic E-state index is 0.0269. The van der Waals surface area contributed by atoms with Crippen LogP contribution in [0.1, 0.15) is 16.1 Å². The molecule has 1 aliphatic heterocycles. The van der Waals surface area contributed by atoms with Crippen LogP contribution in [0.15, 0.2) is 42.9 Å². The summed E-state index contributed by atoms with van der Waals surface area (Å²) in [5, 5.41) is 11.8. The third-order valence-electron chi connectivity index (χ3n) is 4.16. The number of nitrogens with one attached hydrogen (secondary N) is 1. The Balaban J connectivity index is 1.47. The van der Waals surface area contributed by atoms with E-state index < -0.39 is 0 Å². The summed E-state index contributed by atoms with van der Waals surface area (Å²) in [5.41, 5.74) is 1.68. The van der Waals surface area contributed by atoms with Crippen LogP contribution in [0.25, 0.3) is 0 Å². The smallest absolute Gasteiger partial charge is 0.274 e. The molecule has 8 nitrogen and oxygen atoms in total. The van der Waals surface area contributed by atoms with E-state index in [1.807, 2.05) is 0 Å². The summed E-state index contributed by atoms with van der Waals surface area (Å²) >= 11 is 0. The molecule has 1 aromatic carbocycles. The molecule has 0 bridgehead atoms. The maximum absolute atomic E-state index is 12.3. The van der Waals surface area contributed by atoms with E-state index in [-0.39, 0.29) is 18.4 Å². The summed E-state index contributed by atoms with van der Waals surface area (Å²) in [6.07, 6.45) is 4.46. The van der Waals surface area contributed by atoms with Gasteiger partial charge in [0.15, 0.2) is 0 Å². The first-order valence-corrected chi connectivity index (χ1v) is 8.24. The van der Waals surface area contributed by atoms with Crippen molar-refractivity contribution in [3.05, 3.63) is 54.1 Å². The molecule has 1 N–H and O–H groups in total. The summed E-state index contributed by atoms with van der Waals surface area (Å²) in [7, 11) is 0. The monoisotopic (exact) mass is 350 g/mol. The van der Waals surface area contributed by atoms with Gasteiger partial charge in [-0.3, -0.25) is 14.6 Å². The van der Waals surface area contributed by atoms with Crippen molar-refractivity contribution in [1.29, 1.82) is 5.26 Å². The van der Waals surface area contributed by atoms with Gasteiger partial charge in [0, 0.05) is 44.3 Å². The lowest BCUT2D eigenvalue weighted by molar-refractivity contribution is -0.130. The van der Waals surface area contributed by atoms with Crippen molar-refractivity contribution in [2.45, 2.75) is 0 Å². The van der Waals surface area contributed by atoms with E-state index in [0.717, 1.165) is 5.69 Å². The number of carbonyl (C=O) groups excluding carboxylic acids is 2. The lowest BCUT2D eigenvalue weighted by Gasteiger charge is -2.34. The van der Waals surface area contributed by atoms with Crippen LogP contribution in [0.5, 0.6) is 0 Å². The number of hydrogen-bond donors (Lipinski definition) is 1. The van der Waals surface area contributed by atoms with Gasteiger partial charge in [-0.15, -0.1) is 0 Å². The lowest BCUT2D eigenvalue weighted by atomic mass is 10.2. The van der Waals surface area contributed by atoms with Crippen LogP contribution in [0, 0.1) is 11.3 Å². The van der Waals surface area contributed by atoms with E-state index in [0.29, 0.717) is 37.4 Å². The normalized spacial score (nSPS) is 13.8. The fourth-order valence-electron chi connectivity index (χ4n) is 2.68. The van der Waals surface area contributed by atoms with Gasteiger partial charge in [-0.2, -0.15) is 5.26 Å². The summed E-state index contributed by atoms with van der Waals surface area (Å²) in [4.78, 5) is 36.0. The zero-order chi connectivity index (χ0) is 18.4. The summed E-state index contributed by atoms with van der Waals surface area (Å²) in [6, 6.07) is 8.98. The number of carbonyl (C=O) groups is 2. The molecule has 0 atom stereocenters. The SMILES string of the molecule is N#Cc1ccc(NCC(=O)N2CCN(C(=O)c3cnccn3)CC2)cc1. The van der Waals surface area contributed by atoms with E-state index in [1.165, 1.54) is 18.6 Å². The Bertz CT molecular complexity index is 808. The number of amides is 2. The molecule has 2 amide bonds. The average molecular weight is 350 g/mol. The third-order valence-corrected chi connectivity index (χ3v) is 4.16. The Labute approximate surface area is 151 Å². The van der Waals surface area contributed by atoms with Crippen LogP contribution in [0.4, 0.5) is 5.69 Å². The number of piperazine rings is 1. The zero-order valence-electron chi connectivity index (χ0n) is 14.1. The number of rotatable bonds is 4. The van der Waals surface area contributed by atoms with Gasteiger partial charge in [0.1, 0.15) is 5.69 Å². The quantitative estimate of drug-likeness (QED) is 0.873. The molecular formula is C18H18N6O2. The molecule has 132 valence electrons. The largest absolute Gasteiger partial charge is 0.376 e. The van der Waals surface area contributed by atoms with Gasteiger partial charge in [-0.05, 0) is 24.3 Å². The molecule has 0 unspecified atom stereocenters. The fourth-order valence-corrected chi connectivity index (χ4v) is 2.68. The predicted molar refractivity (Wildman–Crippen MR) is 94.2 cm³/mol.